The predicted octanol–water partition coefficient (Wildman–Crippen LogP) is 1.69. The molecule has 1 aromatic carbocycles. The molecular formula is C16H25N3. The monoisotopic (exact) mass is 259 g/mol. The maximum absolute atomic E-state index is 2.62. The molecule has 0 radical (unpaired) electrons. The van der Waals surface area contributed by atoms with E-state index in [4.69, 9.17) is 0 Å². The third-order valence-corrected chi connectivity index (χ3v) is 4.58. The molecule has 0 bridgehead atoms. The van der Waals surface area contributed by atoms with Crippen molar-refractivity contribution in [2.75, 3.05) is 57.3 Å². The molecule has 104 valence electrons. The van der Waals surface area contributed by atoms with Gasteiger partial charge >= 0.3 is 0 Å². The van der Waals surface area contributed by atoms with Crippen LogP contribution in [-0.4, -0.2) is 62.2 Å². The lowest BCUT2D eigenvalue weighted by molar-refractivity contribution is 0.140. The maximum atomic E-state index is 2.62. The number of piperazine rings is 1. The molecule has 0 unspecified atom stereocenters. The SMILES string of the molecule is CCN1CCN(CCN2CCc3ccccc32)CC1. The summed E-state index contributed by atoms with van der Waals surface area (Å²) < 4.78 is 0. The van der Waals surface area contributed by atoms with Gasteiger partial charge in [-0.05, 0) is 24.6 Å². The van der Waals surface area contributed by atoms with Crippen molar-refractivity contribution >= 4 is 5.69 Å². The van der Waals surface area contributed by atoms with Crippen molar-refractivity contribution in [2.45, 2.75) is 13.3 Å². The van der Waals surface area contributed by atoms with Crippen LogP contribution in [0.15, 0.2) is 24.3 Å². The highest BCUT2D eigenvalue weighted by atomic mass is 15.3. The minimum Gasteiger partial charge on any atom is -0.370 e. The quantitative estimate of drug-likeness (QED) is 0.814. The molecule has 1 fully saturated rings. The van der Waals surface area contributed by atoms with Crippen molar-refractivity contribution in [3.05, 3.63) is 29.8 Å². The fraction of sp³-hybridized carbons (Fsp3) is 0.625. The van der Waals surface area contributed by atoms with Crippen LogP contribution in [0.3, 0.4) is 0 Å². The highest BCUT2D eigenvalue weighted by Crippen LogP contribution is 2.26. The summed E-state index contributed by atoms with van der Waals surface area (Å²) in [6.45, 7) is 12.0. The van der Waals surface area contributed by atoms with E-state index in [1.807, 2.05) is 0 Å². The second-order valence-corrected chi connectivity index (χ2v) is 5.64. The molecule has 3 rings (SSSR count). The Bertz CT molecular complexity index is 410. The normalized spacial score (nSPS) is 20.8. The van der Waals surface area contributed by atoms with Crippen LogP contribution >= 0.6 is 0 Å². The average Bonchev–Trinajstić information content (AvgIpc) is 2.89. The van der Waals surface area contributed by atoms with Gasteiger partial charge < -0.3 is 9.80 Å². The zero-order valence-electron chi connectivity index (χ0n) is 12.0. The standard InChI is InChI=1S/C16H25N3/c1-2-17-9-11-18(12-10-17)13-14-19-8-7-15-5-3-4-6-16(15)19/h3-6H,2,7-14H2,1H3. The molecule has 0 N–H and O–H groups in total. The molecule has 2 aliphatic rings. The van der Waals surface area contributed by atoms with E-state index in [2.05, 4.69) is 45.9 Å². The lowest BCUT2D eigenvalue weighted by atomic mass is 10.2. The Morgan fingerprint density at radius 3 is 2.42 bits per heavy atom. The summed E-state index contributed by atoms with van der Waals surface area (Å²) >= 11 is 0. The van der Waals surface area contributed by atoms with Crippen molar-refractivity contribution in [3.8, 4) is 0 Å². The fourth-order valence-corrected chi connectivity index (χ4v) is 3.23. The lowest BCUT2D eigenvalue weighted by Gasteiger charge is -2.35. The van der Waals surface area contributed by atoms with Gasteiger partial charge in [0.25, 0.3) is 0 Å². The summed E-state index contributed by atoms with van der Waals surface area (Å²) in [7, 11) is 0. The summed E-state index contributed by atoms with van der Waals surface area (Å²) in [6, 6.07) is 8.87. The third kappa shape index (κ3) is 2.93. The van der Waals surface area contributed by atoms with Gasteiger partial charge in [-0.1, -0.05) is 25.1 Å². The molecule has 0 saturated carbocycles. The first-order valence-electron chi connectivity index (χ1n) is 7.64. The van der Waals surface area contributed by atoms with Crippen LogP contribution < -0.4 is 4.90 Å². The lowest BCUT2D eigenvalue weighted by Crippen LogP contribution is -2.48. The first-order chi connectivity index (χ1) is 9.36. The van der Waals surface area contributed by atoms with E-state index in [-0.39, 0.29) is 0 Å². The van der Waals surface area contributed by atoms with Gasteiger partial charge in [0.05, 0.1) is 0 Å². The number of nitrogens with zero attached hydrogens (tertiary/aromatic N) is 3. The predicted molar refractivity (Wildman–Crippen MR) is 80.9 cm³/mol. The summed E-state index contributed by atoms with van der Waals surface area (Å²) in [5, 5.41) is 0. The second kappa shape index (κ2) is 5.93. The van der Waals surface area contributed by atoms with E-state index in [0.717, 1.165) is 0 Å². The number of hydrogen-bond donors (Lipinski definition) is 0. The van der Waals surface area contributed by atoms with Crippen LogP contribution in [0, 0.1) is 0 Å². The second-order valence-electron chi connectivity index (χ2n) is 5.64. The number of hydrogen-bond acceptors (Lipinski definition) is 3. The van der Waals surface area contributed by atoms with Gasteiger partial charge in [0.15, 0.2) is 0 Å². The fourth-order valence-electron chi connectivity index (χ4n) is 3.23. The topological polar surface area (TPSA) is 9.72 Å². The Morgan fingerprint density at radius 1 is 0.895 bits per heavy atom. The Kier molecular flexibility index (Phi) is 4.04. The largest absolute Gasteiger partial charge is 0.370 e. The molecule has 0 spiro atoms. The summed E-state index contributed by atoms with van der Waals surface area (Å²) in [5.41, 5.74) is 2.99. The van der Waals surface area contributed by atoms with Crippen molar-refractivity contribution < 1.29 is 0 Å². The summed E-state index contributed by atoms with van der Waals surface area (Å²) in [5.74, 6) is 0. The smallest absolute Gasteiger partial charge is 0.0399 e. The zero-order chi connectivity index (χ0) is 13.1. The van der Waals surface area contributed by atoms with Crippen LogP contribution in [-0.2, 0) is 6.42 Å². The number of anilines is 1. The number of benzene rings is 1. The Hall–Kier alpha value is -1.06. The van der Waals surface area contributed by atoms with Crippen LogP contribution in [0.1, 0.15) is 12.5 Å². The summed E-state index contributed by atoms with van der Waals surface area (Å²) in [4.78, 5) is 7.72. The third-order valence-electron chi connectivity index (χ3n) is 4.58. The molecule has 1 saturated heterocycles. The Balaban J connectivity index is 1.49. The Labute approximate surface area is 116 Å². The molecule has 0 amide bonds. The molecular weight excluding hydrogens is 234 g/mol. The van der Waals surface area contributed by atoms with Crippen LogP contribution in [0.25, 0.3) is 0 Å². The van der Waals surface area contributed by atoms with Crippen LogP contribution in [0.4, 0.5) is 5.69 Å². The number of fused-ring (bicyclic) bond motifs is 1. The number of likely N-dealkylation sites (N-methyl/N-ethyl adjacent to an activating group) is 1. The molecule has 0 aliphatic carbocycles. The van der Waals surface area contributed by atoms with Crippen LogP contribution in [0.5, 0.6) is 0 Å². The van der Waals surface area contributed by atoms with E-state index in [0.29, 0.717) is 0 Å². The number of rotatable bonds is 4. The maximum Gasteiger partial charge on any atom is 0.0399 e. The van der Waals surface area contributed by atoms with Crippen molar-refractivity contribution in [3.63, 3.8) is 0 Å². The van der Waals surface area contributed by atoms with Crippen molar-refractivity contribution in [2.24, 2.45) is 0 Å². The molecule has 1 aromatic rings. The average molecular weight is 259 g/mol. The molecule has 2 aliphatic heterocycles. The molecule has 0 atom stereocenters. The van der Waals surface area contributed by atoms with Gasteiger partial charge in [-0.2, -0.15) is 0 Å². The molecule has 19 heavy (non-hydrogen) atoms. The van der Waals surface area contributed by atoms with E-state index in [1.54, 1.807) is 0 Å². The zero-order valence-corrected chi connectivity index (χ0v) is 12.0. The van der Waals surface area contributed by atoms with E-state index in [9.17, 15) is 0 Å². The molecule has 0 aromatic heterocycles. The highest BCUT2D eigenvalue weighted by molar-refractivity contribution is 5.57. The van der Waals surface area contributed by atoms with Gasteiger partial charge in [-0.25, -0.2) is 0 Å². The van der Waals surface area contributed by atoms with E-state index >= 15 is 0 Å². The Morgan fingerprint density at radius 2 is 1.63 bits per heavy atom. The van der Waals surface area contributed by atoms with E-state index in [1.165, 1.54) is 70.0 Å². The van der Waals surface area contributed by atoms with Gasteiger partial charge in [0, 0.05) is 51.5 Å². The van der Waals surface area contributed by atoms with E-state index < -0.39 is 0 Å². The number of para-hydroxylation sites is 1. The molecule has 3 nitrogen and oxygen atoms in total. The first kappa shape index (κ1) is 12.9. The molecule has 2 heterocycles. The van der Waals surface area contributed by atoms with Gasteiger partial charge in [-0.15, -0.1) is 0 Å². The summed E-state index contributed by atoms with van der Waals surface area (Å²) in [6.07, 6.45) is 1.22. The van der Waals surface area contributed by atoms with Crippen molar-refractivity contribution in [1.29, 1.82) is 0 Å². The van der Waals surface area contributed by atoms with Gasteiger partial charge in [-0.3, -0.25) is 4.90 Å². The highest BCUT2D eigenvalue weighted by Gasteiger charge is 2.20. The van der Waals surface area contributed by atoms with Crippen molar-refractivity contribution in [1.82, 2.24) is 9.80 Å². The first-order valence-corrected chi connectivity index (χ1v) is 7.64. The van der Waals surface area contributed by atoms with Gasteiger partial charge in [0.1, 0.15) is 0 Å². The van der Waals surface area contributed by atoms with Gasteiger partial charge in [0.2, 0.25) is 0 Å². The molecule has 3 heteroatoms. The minimum absolute atomic E-state index is 1.18. The minimum atomic E-state index is 1.18. The van der Waals surface area contributed by atoms with Crippen LogP contribution in [0.2, 0.25) is 0 Å².